The minimum absolute atomic E-state index is 0.0715. The van der Waals surface area contributed by atoms with E-state index in [1.54, 1.807) is 12.1 Å². The lowest BCUT2D eigenvalue weighted by atomic mass is 10.1. The number of aryl methyl sites for hydroxylation is 2. The van der Waals surface area contributed by atoms with Crippen molar-refractivity contribution in [3.63, 3.8) is 0 Å². The fraction of sp³-hybridized carbons (Fsp3) is 0.286. The third-order valence-corrected chi connectivity index (χ3v) is 4.45. The molecule has 2 amide bonds. The van der Waals surface area contributed by atoms with Gasteiger partial charge in [-0.3, -0.25) is 9.59 Å². The smallest absolute Gasteiger partial charge is 0.251 e. The molecule has 0 aliphatic heterocycles. The molecule has 0 bridgehead atoms. The Morgan fingerprint density at radius 3 is 2.52 bits per heavy atom. The van der Waals surface area contributed by atoms with E-state index in [1.807, 2.05) is 37.3 Å². The Kier molecular flexibility index (Phi) is 5.86. The predicted molar refractivity (Wildman–Crippen MR) is 105 cm³/mol. The Hall–Kier alpha value is -3.15. The first kappa shape index (κ1) is 18.6. The van der Waals surface area contributed by atoms with E-state index in [9.17, 15) is 9.59 Å². The van der Waals surface area contributed by atoms with E-state index < -0.39 is 0 Å². The molecule has 0 spiro atoms. The highest BCUT2D eigenvalue weighted by Gasteiger charge is 2.08. The largest absolute Gasteiger partial charge is 0.352 e. The van der Waals surface area contributed by atoms with Crippen LogP contribution in [0.1, 0.15) is 35.1 Å². The molecular formula is C21H24N4O2. The number of benzene rings is 2. The van der Waals surface area contributed by atoms with Crippen LogP contribution in [0.15, 0.2) is 48.5 Å². The molecule has 1 aromatic heterocycles. The van der Waals surface area contributed by atoms with Crippen LogP contribution in [0.4, 0.5) is 0 Å². The molecule has 2 N–H and O–H groups in total. The van der Waals surface area contributed by atoms with Crippen molar-refractivity contribution in [1.82, 2.24) is 20.2 Å². The van der Waals surface area contributed by atoms with Gasteiger partial charge < -0.3 is 15.2 Å². The normalized spacial score (nSPS) is 10.7. The molecule has 3 aromatic rings. The molecule has 0 saturated carbocycles. The second-order valence-electron chi connectivity index (χ2n) is 6.52. The first-order chi connectivity index (χ1) is 13.0. The summed E-state index contributed by atoms with van der Waals surface area (Å²) in [5.74, 6) is 0.823. The zero-order valence-corrected chi connectivity index (χ0v) is 15.7. The molecule has 140 valence electrons. The summed E-state index contributed by atoms with van der Waals surface area (Å²) in [6, 6.07) is 15.3. The Bertz CT molecular complexity index is 944. The summed E-state index contributed by atoms with van der Waals surface area (Å²) in [7, 11) is 0. The average molecular weight is 364 g/mol. The third-order valence-electron chi connectivity index (χ3n) is 4.45. The van der Waals surface area contributed by atoms with E-state index in [0.717, 1.165) is 35.4 Å². The number of rotatable bonds is 7. The van der Waals surface area contributed by atoms with E-state index in [0.29, 0.717) is 18.7 Å². The number of nitrogens with one attached hydrogen (secondary N) is 2. The number of para-hydroxylation sites is 2. The van der Waals surface area contributed by atoms with Crippen molar-refractivity contribution >= 4 is 22.8 Å². The lowest BCUT2D eigenvalue weighted by molar-refractivity contribution is -0.119. The monoisotopic (exact) mass is 364 g/mol. The van der Waals surface area contributed by atoms with Gasteiger partial charge in [-0.25, -0.2) is 4.98 Å². The van der Waals surface area contributed by atoms with Gasteiger partial charge in [0.2, 0.25) is 5.91 Å². The van der Waals surface area contributed by atoms with E-state index in [1.165, 1.54) is 6.92 Å². The highest BCUT2D eigenvalue weighted by atomic mass is 16.2. The van der Waals surface area contributed by atoms with Crippen molar-refractivity contribution in [2.24, 2.45) is 0 Å². The minimum atomic E-state index is -0.0895. The van der Waals surface area contributed by atoms with Crippen LogP contribution in [0.25, 0.3) is 11.0 Å². The highest BCUT2D eigenvalue weighted by molar-refractivity contribution is 5.94. The number of carbonyl (C=O) groups is 2. The summed E-state index contributed by atoms with van der Waals surface area (Å²) >= 11 is 0. The van der Waals surface area contributed by atoms with Crippen LogP contribution >= 0.6 is 0 Å². The number of carbonyl (C=O) groups excluding carboxylic acids is 2. The number of nitrogens with zero attached hydrogens (tertiary/aromatic N) is 2. The average Bonchev–Trinajstić information content (AvgIpc) is 2.99. The number of hydrogen-bond acceptors (Lipinski definition) is 3. The SMILES string of the molecule is CC(=O)NCc1ccc(C(=O)NCCCn2c(C)nc3ccccc32)cc1. The van der Waals surface area contributed by atoms with Gasteiger partial charge in [0.15, 0.2) is 0 Å². The van der Waals surface area contributed by atoms with E-state index >= 15 is 0 Å². The van der Waals surface area contributed by atoms with E-state index in [-0.39, 0.29) is 11.8 Å². The summed E-state index contributed by atoms with van der Waals surface area (Å²) in [6.45, 7) is 5.35. The standard InChI is InChI=1S/C21H24N4O2/c1-15-24-19-6-3-4-7-20(19)25(15)13-5-12-22-21(27)18-10-8-17(9-11-18)14-23-16(2)26/h3-4,6-11H,5,12-14H2,1-2H3,(H,22,27)(H,23,26). The van der Waals surface area contributed by atoms with Crippen molar-refractivity contribution in [2.45, 2.75) is 33.4 Å². The number of amides is 2. The van der Waals surface area contributed by atoms with Crippen LogP contribution in [-0.4, -0.2) is 27.9 Å². The molecule has 27 heavy (non-hydrogen) atoms. The van der Waals surface area contributed by atoms with Gasteiger partial charge in [0.25, 0.3) is 5.91 Å². The fourth-order valence-corrected chi connectivity index (χ4v) is 3.02. The topological polar surface area (TPSA) is 76.0 Å². The lowest BCUT2D eigenvalue weighted by Crippen LogP contribution is -2.25. The zero-order chi connectivity index (χ0) is 19.2. The lowest BCUT2D eigenvalue weighted by Gasteiger charge is -2.09. The van der Waals surface area contributed by atoms with E-state index in [2.05, 4.69) is 26.3 Å². The van der Waals surface area contributed by atoms with Gasteiger partial charge in [0.05, 0.1) is 11.0 Å². The van der Waals surface area contributed by atoms with Crippen LogP contribution in [0.2, 0.25) is 0 Å². The highest BCUT2D eigenvalue weighted by Crippen LogP contribution is 2.15. The van der Waals surface area contributed by atoms with Crippen LogP contribution in [0, 0.1) is 6.92 Å². The molecule has 0 radical (unpaired) electrons. The maximum Gasteiger partial charge on any atom is 0.251 e. The molecular weight excluding hydrogens is 340 g/mol. The van der Waals surface area contributed by atoms with Gasteiger partial charge in [-0.05, 0) is 43.2 Å². The third kappa shape index (κ3) is 4.73. The summed E-state index contributed by atoms with van der Waals surface area (Å²) in [5.41, 5.74) is 3.70. The molecule has 6 heteroatoms. The molecule has 6 nitrogen and oxygen atoms in total. The molecule has 1 heterocycles. The van der Waals surface area contributed by atoms with Crippen molar-refractivity contribution < 1.29 is 9.59 Å². The quantitative estimate of drug-likeness (QED) is 0.633. The minimum Gasteiger partial charge on any atom is -0.352 e. The molecule has 0 saturated heterocycles. The van der Waals surface area contributed by atoms with Crippen LogP contribution in [-0.2, 0) is 17.9 Å². The second-order valence-corrected chi connectivity index (χ2v) is 6.52. The first-order valence-electron chi connectivity index (χ1n) is 9.08. The second kappa shape index (κ2) is 8.49. The van der Waals surface area contributed by atoms with Crippen molar-refractivity contribution in [3.8, 4) is 0 Å². The predicted octanol–water partition coefficient (Wildman–Crippen LogP) is 2.80. The van der Waals surface area contributed by atoms with Crippen LogP contribution in [0.3, 0.4) is 0 Å². The molecule has 3 rings (SSSR count). The van der Waals surface area contributed by atoms with Gasteiger partial charge in [0, 0.05) is 32.1 Å². The summed E-state index contributed by atoms with van der Waals surface area (Å²) in [4.78, 5) is 27.8. The number of hydrogen-bond donors (Lipinski definition) is 2. The maximum absolute atomic E-state index is 12.3. The van der Waals surface area contributed by atoms with Crippen molar-refractivity contribution in [3.05, 3.63) is 65.5 Å². The Morgan fingerprint density at radius 2 is 1.78 bits per heavy atom. The van der Waals surface area contributed by atoms with E-state index in [4.69, 9.17) is 0 Å². The number of aromatic nitrogens is 2. The van der Waals surface area contributed by atoms with Gasteiger partial charge in [-0.2, -0.15) is 0 Å². The summed E-state index contributed by atoms with van der Waals surface area (Å²) in [6.07, 6.45) is 0.827. The van der Waals surface area contributed by atoms with Gasteiger partial charge in [-0.1, -0.05) is 24.3 Å². The molecule has 0 atom stereocenters. The molecule has 0 unspecified atom stereocenters. The molecule has 0 fully saturated rings. The first-order valence-corrected chi connectivity index (χ1v) is 9.08. The summed E-state index contributed by atoms with van der Waals surface area (Å²) < 4.78 is 2.18. The number of fused-ring (bicyclic) bond motifs is 1. The van der Waals surface area contributed by atoms with Crippen LogP contribution in [0.5, 0.6) is 0 Å². The molecule has 0 aliphatic carbocycles. The van der Waals surface area contributed by atoms with Crippen molar-refractivity contribution in [1.29, 1.82) is 0 Å². The Morgan fingerprint density at radius 1 is 1.04 bits per heavy atom. The van der Waals surface area contributed by atoms with Crippen molar-refractivity contribution in [2.75, 3.05) is 6.54 Å². The summed E-state index contributed by atoms with van der Waals surface area (Å²) in [5, 5.41) is 5.69. The molecule has 2 aromatic carbocycles. The Balaban J connectivity index is 1.49. The van der Waals surface area contributed by atoms with Gasteiger partial charge >= 0.3 is 0 Å². The molecule has 0 aliphatic rings. The number of imidazole rings is 1. The van der Waals surface area contributed by atoms with Gasteiger partial charge in [0.1, 0.15) is 5.82 Å². The zero-order valence-electron chi connectivity index (χ0n) is 15.7. The van der Waals surface area contributed by atoms with Gasteiger partial charge in [-0.15, -0.1) is 0 Å². The fourth-order valence-electron chi connectivity index (χ4n) is 3.02. The Labute approximate surface area is 158 Å². The van der Waals surface area contributed by atoms with Crippen LogP contribution < -0.4 is 10.6 Å². The maximum atomic E-state index is 12.3.